The maximum absolute atomic E-state index is 14.4. The molecule has 0 saturated heterocycles. The number of nitro benzene ring substituents is 1. The highest BCUT2D eigenvalue weighted by atomic mass is 32.1. The number of phenols is 2. The number of benzene rings is 3. The van der Waals surface area contributed by atoms with Crippen LogP contribution in [0.3, 0.4) is 0 Å². The lowest BCUT2D eigenvalue weighted by atomic mass is 9.77. The summed E-state index contributed by atoms with van der Waals surface area (Å²) in [6.07, 6.45) is 16.3. The molecule has 45 heavy (non-hydrogen) atoms. The summed E-state index contributed by atoms with van der Waals surface area (Å²) in [5.41, 5.74) is 2.29. The van der Waals surface area contributed by atoms with Crippen LogP contribution in [0.25, 0.3) is 11.1 Å². The zero-order chi connectivity index (χ0) is 32.3. The van der Waals surface area contributed by atoms with Crippen molar-refractivity contribution in [3.63, 3.8) is 0 Å². The Kier molecular flexibility index (Phi) is 12.7. The first-order valence-corrected chi connectivity index (χ1v) is 17.3. The molecule has 0 aliphatic heterocycles. The van der Waals surface area contributed by atoms with Gasteiger partial charge in [-0.25, -0.2) is 0 Å². The number of nitrogens with zero attached hydrogens (tertiary/aromatic N) is 1. The molecule has 0 unspecified atom stereocenters. The highest BCUT2D eigenvalue weighted by molar-refractivity contribution is 7.81. The van der Waals surface area contributed by atoms with Gasteiger partial charge in [0, 0.05) is 22.8 Å². The Balaban J connectivity index is 1.73. The maximum atomic E-state index is 14.4. The quantitative estimate of drug-likeness (QED) is 0.0491. The minimum absolute atomic E-state index is 0.0279. The highest BCUT2D eigenvalue weighted by Gasteiger charge is 2.40. The van der Waals surface area contributed by atoms with Gasteiger partial charge in [0.15, 0.2) is 5.78 Å². The third kappa shape index (κ3) is 7.99. The van der Waals surface area contributed by atoms with Crippen molar-refractivity contribution in [1.29, 1.82) is 0 Å². The van der Waals surface area contributed by atoms with Crippen LogP contribution >= 0.6 is 12.2 Å². The minimum atomic E-state index is -0.549. The SMILES string of the molecule is CCCCCCCCCc1cc(-c2ccccc2)c2c(c1O)C(=S)c1c([N+](=O)[O-])cc(CCCCCCCCC)c(O)c1C2=O. The molecule has 1 aliphatic rings. The topological polar surface area (TPSA) is 101 Å². The van der Waals surface area contributed by atoms with E-state index in [4.69, 9.17) is 12.2 Å². The first-order valence-electron chi connectivity index (χ1n) is 16.9. The van der Waals surface area contributed by atoms with E-state index < -0.39 is 10.7 Å². The normalized spacial score (nSPS) is 12.3. The molecule has 0 bridgehead atoms. The Hall–Kier alpha value is -3.58. The molecule has 0 aromatic heterocycles. The van der Waals surface area contributed by atoms with Crippen LogP contribution in [0, 0.1) is 10.1 Å². The largest absolute Gasteiger partial charge is 0.507 e. The van der Waals surface area contributed by atoms with Crippen LogP contribution in [-0.4, -0.2) is 25.8 Å². The number of rotatable bonds is 18. The molecule has 0 amide bonds. The van der Waals surface area contributed by atoms with E-state index in [-0.39, 0.29) is 44.3 Å². The molecular weight excluding hydrogens is 582 g/mol. The van der Waals surface area contributed by atoms with Gasteiger partial charge in [0.2, 0.25) is 0 Å². The lowest BCUT2D eigenvalue weighted by Gasteiger charge is -2.26. The predicted octanol–water partition coefficient (Wildman–Crippen LogP) is 10.6. The maximum Gasteiger partial charge on any atom is 0.279 e. The Bertz CT molecular complexity index is 1510. The standard InChI is InChI=1S/C38H47NO5S/c1-3-5-7-9-11-13-16-22-27-24-29(26-20-18-15-19-21-26)31-34(36(27)41)38(45)32-30(39(43)44)25-28(35(40)33(32)37(31)42)23-17-14-12-10-8-6-4-2/h15,18-21,24-25,40-41H,3-14,16-17,22-23H2,1-2H3. The summed E-state index contributed by atoms with van der Waals surface area (Å²) in [4.78, 5) is 26.2. The molecule has 0 spiro atoms. The fourth-order valence-corrected chi connectivity index (χ4v) is 6.92. The number of aryl methyl sites for hydroxylation is 2. The molecular formula is C38H47NO5S. The van der Waals surface area contributed by atoms with Crippen LogP contribution in [0.1, 0.15) is 142 Å². The molecule has 6 nitrogen and oxygen atoms in total. The van der Waals surface area contributed by atoms with E-state index in [0.29, 0.717) is 29.5 Å². The average Bonchev–Trinajstić information content (AvgIpc) is 3.03. The van der Waals surface area contributed by atoms with Gasteiger partial charge in [-0.05, 0) is 48.4 Å². The molecule has 0 fully saturated rings. The zero-order valence-corrected chi connectivity index (χ0v) is 27.6. The van der Waals surface area contributed by atoms with E-state index in [1.54, 1.807) is 0 Å². The van der Waals surface area contributed by atoms with Crippen molar-refractivity contribution in [2.75, 3.05) is 0 Å². The van der Waals surface area contributed by atoms with Gasteiger partial charge in [-0.3, -0.25) is 14.9 Å². The van der Waals surface area contributed by atoms with Crippen LogP contribution in [0.15, 0.2) is 42.5 Å². The molecule has 0 heterocycles. The number of fused-ring (bicyclic) bond motifs is 2. The second-order valence-corrected chi connectivity index (χ2v) is 12.8. The number of carbonyl (C=O) groups excluding carboxylic acids is 1. The summed E-state index contributed by atoms with van der Waals surface area (Å²) in [6, 6.07) is 12.7. The molecule has 7 heteroatoms. The summed E-state index contributed by atoms with van der Waals surface area (Å²) in [6.45, 7) is 4.38. The van der Waals surface area contributed by atoms with E-state index in [1.165, 1.54) is 51.0 Å². The number of aromatic hydroxyl groups is 2. The van der Waals surface area contributed by atoms with Crippen molar-refractivity contribution in [2.24, 2.45) is 0 Å². The molecule has 0 atom stereocenters. The van der Waals surface area contributed by atoms with Crippen molar-refractivity contribution in [1.82, 2.24) is 0 Å². The molecule has 240 valence electrons. The van der Waals surface area contributed by atoms with Crippen molar-refractivity contribution >= 4 is 28.6 Å². The predicted molar refractivity (Wildman–Crippen MR) is 186 cm³/mol. The Morgan fingerprint density at radius 3 is 1.69 bits per heavy atom. The third-order valence-electron chi connectivity index (χ3n) is 9.03. The highest BCUT2D eigenvalue weighted by Crippen LogP contribution is 2.47. The van der Waals surface area contributed by atoms with Gasteiger partial charge < -0.3 is 10.2 Å². The fourth-order valence-electron chi connectivity index (χ4n) is 6.51. The first kappa shape index (κ1) is 34.3. The molecule has 3 aromatic rings. The van der Waals surface area contributed by atoms with Crippen molar-refractivity contribution < 1.29 is 19.9 Å². The van der Waals surface area contributed by atoms with Gasteiger partial charge in [0.1, 0.15) is 11.5 Å². The molecule has 0 saturated carbocycles. The number of carbonyl (C=O) groups is 1. The number of phenolic OH excluding ortho intramolecular Hbond substituents is 2. The molecule has 3 aromatic carbocycles. The number of unbranched alkanes of at least 4 members (excludes halogenated alkanes) is 12. The Morgan fingerprint density at radius 1 is 0.667 bits per heavy atom. The Labute approximate surface area is 273 Å². The molecule has 2 N–H and O–H groups in total. The van der Waals surface area contributed by atoms with Crippen molar-refractivity contribution in [3.8, 4) is 22.6 Å². The van der Waals surface area contributed by atoms with E-state index in [0.717, 1.165) is 50.5 Å². The summed E-state index contributed by atoms with van der Waals surface area (Å²) < 4.78 is 0. The van der Waals surface area contributed by atoms with Gasteiger partial charge in [-0.1, -0.05) is 133 Å². The molecule has 4 rings (SSSR count). The second-order valence-electron chi connectivity index (χ2n) is 12.4. The smallest absolute Gasteiger partial charge is 0.279 e. The first-order chi connectivity index (χ1) is 21.8. The number of hydrogen-bond acceptors (Lipinski definition) is 6. The summed E-state index contributed by atoms with van der Waals surface area (Å²) in [5.74, 6) is -0.891. The average molecular weight is 630 g/mol. The second kappa shape index (κ2) is 16.6. The third-order valence-corrected chi connectivity index (χ3v) is 9.43. The number of nitro groups is 1. The number of ketones is 1. The van der Waals surface area contributed by atoms with Crippen LogP contribution < -0.4 is 0 Å². The minimum Gasteiger partial charge on any atom is -0.507 e. The molecule has 0 radical (unpaired) electrons. The fraction of sp³-hybridized carbons (Fsp3) is 0.474. The van der Waals surface area contributed by atoms with Crippen molar-refractivity contribution in [2.45, 2.75) is 117 Å². The lowest BCUT2D eigenvalue weighted by molar-refractivity contribution is -0.385. The zero-order valence-electron chi connectivity index (χ0n) is 26.8. The van der Waals surface area contributed by atoms with E-state index in [9.17, 15) is 25.1 Å². The van der Waals surface area contributed by atoms with Gasteiger partial charge in [-0.2, -0.15) is 0 Å². The van der Waals surface area contributed by atoms with Crippen LogP contribution in [0.2, 0.25) is 0 Å². The summed E-state index contributed by atoms with van der Waals surface area (Å²) >= 11 is 5.86. The summed E-state index contributed by atoms with van der Waals surface area (Å²) in [5, 5.41) is 35.4. The van der Waals surface area contributed by atoms with Crippen molar-refractivity contribution in [3.05, 3.63) is 86.0 Å². The van der Waals surface area contributed by atoms with Crippen LogP contribution in [0.4, 0.5) is 5.69 Å². The van der Waals surface area contributed by atoms with E-state index in [1.807, 2.05) is 36.4 Å². The van der Waals surface area contributed by atoms with Gasteiger partial charge >= 0.3 is 0 Å². The van der Waals surface area contributed by atoms with Gasteiger partial charge in [0.25, 0.3) is 5.69 Å². The Morgan fingerprint density at radius 2 is 1.16 bits per heavy atom. The number of hydrogen-bond donors (Lipinski definition) is 2. The van der Waals surface area contributed by atoms with Crippen LogP contribution in [-0.2, 0) is 12.8 Å². The lowest BCUT2D eigenvalue weighted by Crippen LogP contribution is -2.24. The molecule has 1 aliphatic carbocycles. The van der Waals surface area contributed by atoms with Crippen LogP contribution in [0.5, 0.6) is 11.5 Å². The number of thiocarbonyl (C=S) groups is 1. The van der Waals surface area contributed by atoms with Gasteiger partial charge in [0.05, 0.1) is 20.9 Å². The summed E-state index contributed by atoms with van der Waals surface area (Å²) in [7, 11) is 0. The van der Waals surface area contributed by atoms with E-state index in [2.05, 4.69) is 13.8 Å². The van der Waals surface area contributed by atoms with E-state index >= 15 is 0 Å². The van der Waals surface area contributed by atoms with Gasteiger partial charge in [-0.15, -0.1) is 0 Å². The monoisotopic (exact) mass is 629 g/mol.